The summed E-state index contributed by atoms with van der Waals surface area (Å²) in [4.78, 5) is 2.14. The fourth-order valence-electron chi connectivity index (χ4n) is 2.31. The van der Waals surface area contributed by atoms with Crippen molar-refractivity contribution in [2.45, 2.75) is 25.4 Å². The second kappa shape index (κ2) is 5.80. The van der Waals surface area contributed by atoms with Gasteiger partial charge in [0.2, 0.25) is 0 Å². The molecule has 1 saturated heterocycles. The van der Waals surface area contributed by atoms with Crippen LogP contribution in [-0.2, 0) is 6.54 Å². The Morgan fingerprint density at radius 3 is 3.06 bits per heavy atom. The minimum absolute atomic E-state index is 0.204. The van der Waals surface area contributed by atoms with E-state index in [1.54, 1.807) is 18.2 Å². The van der Waals surface area contributed by atoms with E-state index in [1.165, 1.54) is 12.8 Å². The first-order valence-electron chi connectivity index (χ1n) is 6.01. The molecule has 1 aromatic carbocycles. The van der Waals surface area contributed by atoms with Crippen molar-refractivity contribution in [3.8, 4) is 0 Å². The standard InChI is InChI=1S/C13H18ClFN2/c1-17(9-11-5-3-7-16-11)8-10-4-2-6-12(14)13(10)15/h2,4,6,11,16H,3,5,7-9H2,1H3. The lowest BCUT2D eigenvalue weighted by Crippen LogP contribution is -2.35. The molecule has 1 atom stereocenters. The van der Waals surface area contributed by atoms with E-state index in [1.807, 2.05) is 7.05 Å². The lowest BCUT2D eigenvalue weighted by Gasteiger charge is -2.21. The average Bonchev–Trinajstić information content (AvgIpc) is 2.77. The Kier molecular flexibility index (Phi) is 4.37. The molecule has 1 aromatic rings. The number of benzene rings is 1. The van der Waals surface area contributed by atoms with Gasteiger partial charge in [0.1, 0.15) is 5.82 Å². The maximum atomic E-state index is 13.7. The van der Waals surface area contributed by atoms with Crippen LogP contribution in [0.15, 0.2) is 18.2 Å². The van der Waals surface area contributed by atoms with E-state index in [-0.39, 0.29) is 10.8 Å². The monoisotopic (exact) mass is 256 g/mol. The SMILES string of the molecule is CN(Cc1cccc(Cl)c1F)CC1CCCN1. The molecule has 0 radical (unpaired) electrons. The highest BCUT2D eigenvalue weighted by atomic mass is 35.5. The van der Waals surface area contributed by atoms with E-state index in [4.69, 9.17) is 11.6 Å². The molecular weight excluding hydrogens is 239 g/mol. The molecule has 2 rings (SSSR count). The number of nitrogens with zero attached hydrogens (tertiary/aromatic N) is 1. The highest BCUT2D eigenvalue weighted by Gasteiger charge is 2.16. The zero-order chi connectivity index (χ0) is 12.3. The summed E-state index contributed by atoms with van der Waals surface area (Å²) in [5, 5.41) is 3.64. The number of likely N-dealkylation sites (N-methyl/N-ethyl adjacent to an activating group) is 1. The number of hydrogen-bond donors (Lipinski definition) is 1. The Balaban J connectivity index is 1.93. The van der Waals surface area contributed by atoms with Crippen LogP contribution in [0, 0.1) is 5.82 Å². The van der Waals surface area contributed by atoms with Crippen molar-refractivity contribution in [2.24, 2.45) is 0 Å². The van der Waals surface area contributed by atoms with Gasteiger partial charge in [-0.2, -0.15) is 0 Å². The highest BCUT2D eigenvalue weighted by Crippen LogP contribution is 2.19. The van der Waals surface area contributed by atoms with Crippen LogP contribution in [0.4, 0.5) is 4.39 Å². The third-order valence-corrected chi connectivity index (χ3v) is 3.46. The summed E-state index contributed by atoms with van der Waals surface area (Å²) in [6.07, 6.45) is 2.45. The smallest absolute Gasteiger partial charge is 0.146 e. The van der Waals surface area contributed by atoms with Gasteiger partial charge < -0.3 is 10.2 Å². The molecule has 0 saturated carbocycles. The largest absolute Gasteiger partial charge is 0.313 e. The van der Waals surface area contributed by atoms with E-state index >= 15 is 0 Å². The molecule has 1 heterocycles. The zero-order valence-electron chi connectivity index (χ0n) is 10.0. The molecule has 17 heavy (non-hydrogen) atoms. The van der Waals surface area contributed by atoms with Crippen LogP contribution >= 0.6 is 11.6 Å². The van der Waals surface area contributed by atoms with E-state index in [0.29, 0.717) is 18.2 Å². The summed E-state index contributed by atoms with van der Waals surface area (Å²) in [6.45, 7) is 2.65. The van der Waals surface area contributed by atoms with Crippen LogP contribution in [0.2, 0.25) is 5.02 Å². The number of halogens is 2. The molecule has 1 unspecified atom stereocenters. The molecule has 1 fully saturated rings. The first-order valence-corrected chi connectivity index (χ1v) is 6.39. The van der Waals surface area contributed by atoms with Crippen molar-refractivity contribution in [3.63, 3.8) is 0 Å². The van der Waals surface area contributed by atoms with E-state index in [9.17, 15) is 4.39 Å². The van der Waals surface area contributed by atoms with Gasteiger partial charge >= 0.3 is 0 Å². The molecule has 2 nitrogen and oxygen atoms in total. The van der Waals surface area contributed by atoms with Gasteiger partial charge in [0.05, 0.1) is 5.02 Å². The predicted octanol–water partition coefficient (Wildman–Crippen LogP) is 2.66. The lowest BCUT2D eigenvalue weighted by molar-refractivity contribution is 0.289. The maximum Gasteiger partial charge on any atom is 0.146 e. The molecule has 0 bridgehead atoms. The van der Waals surface area contributed by atoms with Gasteiger partial charge in [-0.15, -0.1) is 0 Å². The quantitative estimate of drug-likeness (QED) is 0.891. The molecule has 1 aliphatic heterocycles. The molecule has 0 amide bonds. The Bertz CT molecular complexity index is 378. The van der Waals surface area contributed by atoms with Crippen molar-refractivity contribution in [3.05, 3.63) is 34.6 Å². The number of rotatable bonds is 4. The average molecular weight is 257 g/mol. The minimum atomic E-state index is -0.291. The molecule has 0 aromatic heterocycles. The summed E-state index contributed by atoms with van der Waals surface area (Å²) in [5.41, 5.74) is 0.665. The Hall–Kier alpha value is -0.640. The Morgan fingerprint density at radius 2 is 2.35 bits per heavy atom. The zero-order valence-corrected chi connectivity index (χ0v) is 10.8. The predicted molar refractivity (Wildman–Crippen MR) is 68.8 cm³/mol. The third-order valence-electron chi connectivity index (χ3n) is 3.17. The summed E-state index contributed by atoms with van der Waals surface area (Å²) >= 11 is 5.76. The van der Waals surface area contributed by atoms with E-state index in [2.05, 4.69) is 10.2 Å². The van der Waals surface area contributed by atoms with Crippen molar-refractivity contribution < 1.29 is 4.39 Å². The van der Waals surface area contributed by atoms with Crippen molar-refractivity contribution in [1.29, 1.82) is 0 Å². The summed E-state index contributed by atoms with van der Waals surface area (Å²) < 4.78 is 13.7. The van der Waals surface area contributed by atoms with Crippen LogP contribution in [-0.4, -0.2) is 31.1 Å². The molecular formula is C13H18ClFN2. The first-order chi connectivity index (χ1) is 8.16. The molecule has 94 valence electrons. The van der Waals surface area contributed by atoms with Gasteiger partial charge in [-0.25, -0.2) is 4.39 Å². The van der Waals surface area contributed by atoms with Gasteiger partial charge in [-0.3, -0.25) is 0 Å². The van der Waals surface area contributed by atoms with Crippen molar-refractivity contribution >= 4 is 11.6 Å². The molecule has 0 aliphatic carbocycles. The molecule has 4 heteroatoms. The number of hydrogen-bond acceptors (Lipinski definition) is 2. The topological polar surface area (TPSA) is 15.3 Å². The third kappa shape index (κ3) is 3.41. The highest BCUT2D eigenvalue weighted by molar-refractivity contribution is 6.30. The van der Waals surface area contributed by atoms with Crippen LogP contribution < -0.4 is 5.32 Å². The first kappa shape index (κ1) is 12.8. The molecule has 1 aliphatic rings. The molecule has 1 N–H and O–H groups in total. The summed E-state index contributed by atoms with van der Waals surface area (Å²) in [7, 11) is 2.01. The van der Waals surface area contributed by atoms with Crippen molar-refractivity contribution in [1.82, 2.24) is 10.2 Å². The maximum absolute atomic E-state index is 13.7. The van der Waals surface area contributed by atoms with Gasteiger partial charge in [0.15, 0.2) is 0 Å². The fraction of sp³-hybridized carbons (Fsp3) is 0.538. The van der Waals surface area contributed by atoms with Crippen LogP contribution in [0.1, 0.15) is 18.4 Å². The summed E-state index contributed by atoms with van der Waals surface area (Å²) in [5.74, 6) is -0.291. The molecule has 0 spiro atoms. The van der Waals surface area contributed by atoms with Crippen molar-refractivity contribution in [2.75, 3.05) is 20.1 Å². The van der Waals surface area contributed by atoms with Gasteiger partial charge in [-0.05, 0) is 32.5 Å². The van der Waals surface area contributed by atoms with Gasteiger partial charge in [0, 0.05) is 24.7 Å². The lowest BCUT2D eigenvalue weighted by atomic mass is 10.1. The Labute approximate surface area is 107 Å². The normalized spacial score (nSPS) is 20.1. The van der Waals surface area contributed by atoms with E-state index < -0.39 is 0 Å². The van der Waals surface area contributed by atoms with Crippen LogP contribution in [0.3, 0.4) is 0 Å². The van der Waals surface area contributed by atoms with Crippen LogP contribution in [0.5, 0.6) is 0 Å². The number of nitrogens with one attached hydrogen (secondary N) is 1. The second-order valence-electron chi connectivity index (χ2n) is 4.70. The van der Waals surface area contributed by atoms with Gasteiger partial charge in [-0.1, -0.05) is 23.7 Å². The van der Waals surface area contributed by atoms with Gasteiger partial charge in [0.25, 0.3) is 0 Å². The second-order valence-corrected chi connectivity index (χ2v) is 5.11. The fourth-order valence-corrected chi connectivity index (χ4v) is 2.51. The van der Waals surface area contributed by atoms with Crippen LogP contribution in [0.25, 0.3) is 0 Å². The minimum Gasteiger partial charge on any atom is -0.313 e. The van der Waals surface area contributed by atoms with E-state index in [0.717, 1.165) is 13.1 Å². The summed E-state index contributed by atoms with van der Waals surface area (Å²) in [6, 6.07) is 5.71. The Morgan fingerprint density at radius 1 is 1.53 bits per heavy atom.